The van der Waals surface area contributed by atoms with Crippen molar-refractivity contribution in [2.24, 2.45) is 0 Å². The van der Waals surface area contributed by atoms with Gasteiger partial charge >= 0.3 is 0 Å². The van der Waals surface area contributed by atoms with Gasteiger partial charge in [-0.2, -0.15) is 0 Å². The van der Waals surface area contributed by atoms with Crippen molar-refractivity contribution in [3.05, 3.63) is 0 Å². The molecule has 0 bridgehead atoms. The van der Waals surface area contributed by atoms with E-state index in [1.165, 1.54) is 12.8 Å². The van der Waals surface area contributed by atoms with E-state index >= 15 is 0 Å². The molecule has 86 valence electrons. The second-order valence-electron chi connectivity index (χ2n) is 4.62. The molecule has 0 spiro atoms. The molecule has 0 aromatic carbocycles. The maximum Gasteiger partial charge on any atom is 0.221 e. The number of amides is 1. The molecule has 15 heavy (non-hydrogen) atoms. The van der Waals surface area contributed by atoms with Gasteiger partial charge in [-0.15, -0.1) is 0 Å². The topological polar surface area (TPSA) is 44.4 Å². The first kappa shape index (κ1) is 10.9. The molecule has 2 aliphatic rings. The Morgan fingerprint density at radius 3 is 2.80 bits per heavy atom. The van der Waals surface area contributed by atoms with Gasteiger partial charge < -0.3 is 10.6 Å². The fraction of sp³-hybridized carbons (Fsp3) is 0.909. The van der Waals surface area contributed by atoms with Crippen LogP contribution in [-0.4, -0.2) is 49.1 Å². The Kier molecular flexibility index (Phi) is 3.59. The maximum absolute atomic E-state index is 11.3. The van der Waals surface area contributed by atoms with Crippen LogP contribution in [0.2, 0.25) is 0 Å². The fourth-order valence-corrected chi connectivity index (χ4v) is 2.60. The van der Waals surface area contributed by atoms with Crippen molar-refractivity contribution in [2.75, 3.05) is 26.2 Å². The molecular weight excluding hydrogens is 190 g/mol. The highest BCUT2D eigenvalue weighted by atomic mass is 16.1. The van der Waals surface area contributed by atoms with Gasteiger partial charge in [-0.1, -0.05) is 0 Å². The molecule has 0 aliphatic carbocycles. The van der Waals surface area contributed by atoms with Crippen molar-refractivity contribution >= 4 is 5.91 Å². The lowest BCUT2D eigenvalue weighted by Gasteiger charge is -2.37. The van der Waals surface area contributed by atoms with Gasteiger partial charge in [-0.05, 0) is 32.9 Å². The Morgan fingerprint density at radius 1 is 1.33 bits per heavy atom. The van der Waals surface area contributed by atoms with Crippen molar-refractivity contribution in [3.63, 3.8) is 0 Å². The first-order valence-electron chi connectivity index (χ1n) is 6.00. The van der Waals surface area contributed by atoms with Crippen molar-refractivity contribution in [3.8, 4) is 0 Å². The number of rotatable bonds is 1. The molecule has 4 nitrogen and oxygen atoms in total. The summed E-state index contributed by atoms with van der Waals surface area (Å²) in [6.45, 7) is 6.19. The smallest absolute Gasteiger partial charge is 0.221 e. The second-order valence-corrected chi connectivity index (χ2v) is 4.62. The van der Waals surface area contributed by atoms with Gasteiger partial charge in [0.1, 0.15) is 0 Å². The minimum atomic E-state index is 0.207. The van der Waals surface area contributed by atoms with E-state index in [9.17, 15) is 4.79 Å². The number of piperidine rings is 1. The highest BCUT2D eigenvalue weighted by Gasteiger charge is 2.27. The Balaban J connectivity index is 1.95. The van der Waals surface area contributed by atoms with Crippen LogP contribution in [0.3, 0.4) is 0 Å². The summed E-state index contributed by atoms with van der Waals surface area (Å²) in [5, 5.41) is 6.35. The van der Waals surface area contributed by atoms with E-state index in [1.54, 1.807) is 0 Å². The van der Waals surface area contributed by atoms with Crippen LogP contribution in [0.4, 0.5) is 0 Å². The summed E-state index contributed by atoms with van der Waals surface area (Å²) in [7, 11) is 0. The van der Waals surface area contributed by atoms with Crippen LogP contribution >= 0.6 is 0 Å². The normalized spacial score (nSPS) is 31.0. The molecule has 2 aliphatic heterocycles. The summed E-state index contributed by atoms with van der Waals surface area (Å²) in [6.07, 6.45) is 3.10. The number of nitrogens with zero attached hydrogens (tertiary/aromatic N) is 1. The molecule has 2 saturated heterocycles. The van der Waals surface area contributed by atoms with Gasteiger partial charge in [0.05, 0.1) is 0 Å². The fourth-order valence-electron chi connectivity index (χ4n) is 2.60. The summed E-state index contributed by atoms with van der Waals surface area (Å²) in [4.78, 5) is 13.8. The standard InChI is InChI=1S/C11H21N3O/c1-9-8-13-11(15)4-7-14(9)10-2-5-12-6-3-10/h9-10,12H,2-8H2,1H3,(H,13,15). The van der Waals surface area contributed by atoms with Crippen LogP contribution in [-0.2, 0) is 4.79 Å². The Morgan fingerprint density at radius 2 is 2.07 bits per heavy atom. The highest BCUT2D eigenvalue weighted by molar-refractivity contribution is 5.76. The van der Waals surface area contributed by atoms with Gasteiger partial charge in [0.2, 0.25) is 5.91 Å². The van der Waals surface area contributed by atoms with Crippen LogP contribution < -0.4 is 10.6 Å². The van der Waals surface area contributed by atoms with E-state index in [2.05, 4.69) is 22.5 Å². The lowest BCUT2D eigenvalue weighted by atomic mass is 10.0. The van der Waals surface area contributed by atoms with E-state index in [-0.39, 0.29) is 5.91 Å². The number of hydrogen-bond donors (Lipinski definition) is 2. The van der Waals surface area contributed by atoms with Crippen molar-refractivity contribution in [1.82, 2.24) is 15.5 Å². The molecule has 0 saturated carbocycles. The van der Waals surface area contributed by atoms with E-state index in [0.29, 0.717) is 18.5 Å². The summed E-state index contributed by atoms with van der Waals surface area (Å²) in [6, 6.07) is 1.16. The molecule has 0 aromatic heterocycles. The number of hydrogen-bond acceptors (Lipinski definition) is 3. The molecule has 2 heterocycles. The first-order valence-corrected chi connectivity index (χ1v) is 6.00. The van der Waals surface area contributed by atoms with Crippen LogP contribution in [0.5, 0.6) is 0 Å². The predicted octanol–water partition coefficient (Wildman–Crippen LogP) is -0.0512. The van der Waals surface area contributed by atoms with Crippen LogP contribution in [0.1, 0.15) is 26.2 Å². The summed E-state index contributed by atoms with van der Waals surface area (Å²) in [5.41, 5.74) is 0. The molecule has 1 unspecified atom stereocenters. The van der Waals surface area contributed by atoms with Gasteiger partial charge in [-0.3, -0.25) is 9.69 Å². The largest absolute Gasteiger partial charge is 0.355 e. The van der Waals surface area contributed by atoms with Crippen LogP contribution in [0.15, 0.2) is 0 Å². The third-order valence-electron chi connectivity index (χ3n) is 3.54. The minimum absolute atomic E-state index is 0.207. The molecule has 2 fully saturated rings. The Bertz CT molecular complexity index is 226. The molecule has 2 N–H and O–H groups in total. The second kappa shape index (κ2) is 4.94. The van der Waals surface area contributed by atoms with Crippen molar-refractivity contribution in [2.45, 2.75) is 38.3 Å². The monoisotopic (exact) mass is 211 g/mol. The molecule has 0 radical (unpaired) electrons. The SMILES string of the molecule is CC1CNC(=O)CCN1C1CCNCC1. The Labute approximate surface area is 91.4 Å². The van der Waals surface area contributed by atoms with Gasteiger partial charge in [0, 0.05) is 31.6 Å². The zero-order valence-corrected chi connectivity index (χ0v) is 9.46. The van der Waals surface area contributed by atoms with Gasteiger partial charge in [0.15, 0.2) is 0 Å². The quantitative estimate of drug-likeness (QED) is 0.639. The zero-order chi connectivity index (χ0) is 10.7. The van der Waals surface area contributed by atoms with Crippen molar-refractivity contribution in [1.29, 1.82) is 0 Å². The lowest BCUT2D eigenvalue weighted by molar-refractivity contribution is -0.120. The predicted molar refractivity (Wildman–Crippen MR) is 59.7 cm³/mol. The average Bonchev–Trinajstić information content (AvgIpc) is 2.43. The Hall–Kier alpha value is -0.610. The lowest BCUT2D eigenvalue weighted by Crippen LogP contribution is -2.48. The van der Waals surface area contributed by atoms with Gasteiger partial charge in [-0.25, -0.2) is 0 Å². The van der Waals surface area contributed by atoms with Gasteiger partial charge in [0.25, 0.3) is 0 Å². The molecular formula is C11H21N3O. The number of carbonyl (C=O) groups excluding carboxylic acids is 1. The maximum atomic E-state index is 11.3. The van der Waals surface area contributed by atoms with E-state index in [4.69, 9.17) is 0 Å². The van der Waals surface area contributed by atoms with E-state index in [1.807, 2.05) is 0 Å². The van der Waals surface area contributed by atoms with Crippen LogP contribution in [0.25, 0.3) is 0 Å². The highest BCUT2D eigenvalue weighted by Crippen LogP contribution is 2.16. The molecule has 1 amide bonds. The van der Waals surface area contributed by atoms with Crippen LogP contribution in [0, 0.1) is 0 Å². The molecule has 4 heteroatoms. The minimum Gasteiger partial charge on any atom is -0.355 e. The third kappa shape index (κ3) is 2.69. The number of nitrogens with one attached hydrogen (secondary N) is 2. The molecule has 1 atom stereocenters. The summed E-state index contributed by atoms with van der Waals surface area (Å²) >= 11 is 0. The summed E-state index contributed by atoms with van der Waals surface area (Å²) in [5.74, 6) is 0.207. The molecule has 0 aromatic rings. The third-order valence-corrected chi connectivity index (χ3v) is 3.54. The first-order chi connectivity index (χ1) is 7.27. The van der Waals surface area contributed by atoms with E-state index < -0.39 is 0 Å². The summed E-state index contributed by atoms with van der Waals surface area (Å²) < 4.78 is 0. The zero-order valence-electron chi connectivity index (χ0n) is 9.46. The molecule has 2 rings (SSSR count). The van der Waals surface area contributed by atoms with E-state index in [0.717, 1.165) is 26.2 Å². The average molecular weight is 211 g/mol. The van der Waals surface area contributed by atoms with Crippen molar-refractivity contribution < 1.29 is 4.79 Å². The number of carbonyl (C=O) groups is 1.